The number of aryl methyl sites for hydroxylation is 1. The van der Waals surface area contributed by atoms with Gasteiger partial charge < -0.3 is 10.5 Å². The number of rotatable bonds is 3. The van der Waals surface area contributed by atoms with Gasteiger partial charge in [0.2, 0.25) is 0 Å². The third-order valence-corrected chi connectivity index (χ3v) is 4.35. The molecule has 1 aromatic rings. The second kappa shape index (κ2) is 4.92. The summed E-state index contributed by atoms with van der Waals surface area (Å²) in [4.78, 5) is 0. The van der Waals surface area contributed by atoms with Crippen LogP contribution in [0.25, 0.3) is 0 Å². The molecule has 0 bridgehead atoms. The van der Waals surface area contributed by atoms with Crippen LogP contribution < -0.4 is 5.73 Å². The third kappa shape index (κ3) is 3.01. The van der Waals surface area contributed by atoms with Crippen molar-refractivity contribution in [1.29, 1.82) is 0 Å². The van der Waals surface area contributed by atoms with Crippen molar-refractivity contribution in [3.8, 4) is 0 Å². The van der Waals surface area contributed by atoms with Gasteiger partial charge in [-0.1, -0.05) is 31.2 Å². The van der Waals surface area contributed by atoms with E-state index < -0.39 is 0 Å². The molecule has 0 spiro atoms. The highest BCUT2D eigenvalue weighted by Crippen LogP contribution is 2.46. The zero-order chi connectivity index (χ0) is 14.3. The molecular formula is C17H27NO. The van der Waals surface area contributed by atoms with Crippen LogP contribution in [0.2, 0.25) is 0 Å². The maximum Gasteiger partial charge on any atom is 0.0680 e. The van der Waals surface area contributed by atoms with Crippen LogP contribution in [0.1, 0.15) is 58.2 Å². The lowest BCUT2D eigenvalue weighted by Gasteiger charge is -2.31. The molecule has 0 aliphatic carbocycles. The Morgan fingerprint density at radius 1 is 1.21 bits per heavy atom. The smallest absolute Gasteiger partial charge is 0.0680 e. The summed E-state index contributed by atoms with van der Waals surface area (Å²) in [6.07, 6.45) is 2.08. The number of benzene rings is 1. The van der Waals surface area contributed by atoms with Gasteiger partial charge in [0.25, 0.3) is 0 Å². The molecular weight excluding hydrogens is 234 g/mol. The molecule has 2 heteroatoms. The van der Waals surface area contributed by atoms with E-state index in [4.69, 9.17) is 10.5 Å². The van der Waals surface area contributed by atoms with Gasteiger partial charge in [-0.2, -0.15) is 0 Å². The summed E-state index contributed by atoms with van der Waals surface area (Å²) in [5.41, 5.74) is 8.85. The average molecular weight is 261 g/mol. The van der Waals surface area contributed by atoms with Crippen LogP contribution in [0.4, 0.5) is 0 Å². The molecule has 2 nitrogen and oxygen atoms in total. The first kappa shape index (κ1) is 14.5. The molecule has 2 unspecified atom stereocenters. The highest BCUT2D eigenvalue weighted by molar-refractivity contribution is 5.26. The van der Waals surface area contributed by atoms with Crippen molar-refractivity contribution in [3.05, 3.63) is 35.4 Å². The highest BCUT2D eigenvalue weighted by atomic mass is 16.5. The Morgan fingerprint density at radius 3 is 2.21 bits per heavy atom. The standard InChI is InChI=1S/C17H27NO/c1-6-12-7-9-13(10-8-12)15(18)14-11-16(2,3)19-17(14,4)5/h7-10,14-15H,6,11,18H2,1-5H3. The van der Waals surface area contributed by atoms with Gasteiger partial charge in [-0.25, -0.2) is 0 Å². The van der Waals surface area contributed by atoms with Gasteiger partial charge >= 0.3 is 0 Å². The molecule has 2 rings (SSSR count). The monoisotopic (exact) mass is 261 g/mol. The van der Waals surface area contributed by atoms with Crippen LogP contribution in [-0.2, 0) is 11.2 Å². The molecule has 1 heterocycles. The van der Waals surface area contributed by atoms with E-state index in [1.807, 2.05) is 0 Å². The molecule has 1 fully saturated rings. The summed E-state index contributed by atoms with van der Waals surface area (Å²) in [5, 5.41) is 0. The van der Waals surface area contributed by atoms with E-state index in [2.05, 4.69) is 58.9 Å². The number of hydrogen-bond acceptors (Lipinski definition) is 2. The van der Waals surface area contributed by atoms with Gasteiger partial charge in [0.1, 0.15) is 0 Å². The Kier molecular flexibility index (Phi) is 3.76. The highest BCUT2D eigenvalue weighted by Gasteiger charge is 2.48. The minimum Gasteiger partial charge on any atom is -0.369 e. The summed E-state index contributed by atoms with van der Waals surface area (Å²) < 4.78 is 6.16. The topological polar surface area (TPSA) is 35.2 Å². The summed E-state index contributed by atoms with van der Waals surface area (Å²) in [5.74, 6) is 0.356. The van der Waals surface area contributed by atoms with E-state index in [-0.39, 0.29) is 17.2 Å². The minimum absolute atomic E-state index is 0.0441. The lowest BCUT2D eigenvalue weighted by atomic mass is 9.79. The second-order valence-electron chi connectivity index (χ2n) is 6.90. The lowest BCUT2D eigenvalue weighted by Crippen LogP contribution is -2.35. The fourth-order valence-corrected chi connectivity index (χ4v) is 3.37. The molecule has 106 valence electrons. The first-order valence-corrected chi connectivity index (χ1v) is 7.30. The maximum atomic E-state index is 6.51. The predicted molar refractivity (Wildman–Crippen MR) is 80.1 cm³/mol. The van der Waals surface area contributed by atoms with E-state index >= 15 is 0 Å². The Labute approximate surface area is 117 Å². The van der Waals surface area contributed by atoms with Crippen LogP contribution in [0.5, 0.6) is 0 Å². The number of ether oxygens (including phenoxy) is 1. The van der Waals surface area contributed by atoms with Crippen molar-refractivity contribution >= 4 is 0 Å². The van der Waals surface area contributed by atoms with Gasteiger partial charge in [0, 0.05) is 12.0 Å². The van der Waals surface area contributed by atoms with Crippen LogP contribution in [-0.4, -0.2) is 11.2 Å². The largest absolute Gasteiger partial charge is 0.369 e. The number of hydrogen-bond donors (Lipinski definition) is 1. The minimum atomic E-state index is -0.160. The Bertz CT molecular complexity index is 433. The van der Waals surface area contributed by atoms with Gasteiger partial charge in [-0.15, -0.1) is 0 Å². The van der Waals surface area contributed by atoms with Crippen LogP contribution in [0, 0.1) is 5.92 Å². The fourth-order valence-electron chi connectivity index (χ4n) is 3.37. The average Bonchev–Trinajstić information content (AvgIpc) is 2.56. The molecule has 1 aliphatic heterocycles. The van der Waals surface area contributed by atoms with Crippen molar-refractivity contribution < 1.29 is 4.74 Å². The van der Waals surface area contributed by atoms with Gasteiger partial charge in [-0.05, 0) is 51.7 Å². The molecule has 0 saturated carbocycles. The zero-order valence-corrected chi connectivity index (χ0v) is 12.9. The first-order valence-electron chi connectivity index (χ1n) is 7.30. The predicted octanol–water partition coefficient (Wildman–Crippen LogP) is 3.84. The molecule has 2 atom stereocenters. The molecule has 1 aromatic carbocycles. The molecule has 0 amide bonds. The van der Waals surface area contributed by atoms with Crippen molar-refractivity contribution in [1.82, 2.24) is 0 Å². The maximum absolute atomic E-state index is 6.51. The second-order valence-corrected chi connectivity index (χ2v) is 6.90. The van der Waals surface area contributed by atoms with E-state index in [1.54, 1.807) is 0 Å². The van der Waals surface area contributed by atoms with E-state index in [1.165, 1.54) is 11.1 Å². The molecule has 0 radical (unpaired) electrons. The van der Waals surface area contributed by atoms with E-state index in [9.17, 15) is 0 Å². The molecule has 1 aliphatic rings. The molecule has 2 N–H and O–H groups in total. The molecule has 19 heavy (non-hydrogen) atoms. The SMILES string of the molecule is CCc1ccc(C(N)C2CC(C)(C)OC2(C)C)cc1. The van der Waals surface area contributed by atoms with Crippen molar-refractivity contribution in [2.75, 3.05) is 0 Å². The normalized spacial score (nSPS) is 26.3. The lowest BCUT2D eigenvalue weighted by molar-refractivity contribution is -0.0767. The number of nitrogens with two attached hydrogens (primary N) is 1. The first-order chi connectivity index (χ1) is 8.75. The Balaban J connectivity index is 2.21. The van der Waals surface area contributed by atoms with Crippen molar-refractivity contribution in [2.45, 2.75) is 64.7 Å². The van der Waals surface area contributed by atoms with Crippen LogP contribution >= 0.6 is 0 Å². The summed E-state index contributed by atoms with van der Waals surface area (Å²) in [6, 6.07) is 8.75. The molecule has 1 saturated heterocycles. The summed E-state index contributed by atoms with van der Waals surface area (Å²) in [7, 11) is 0. The Morgan fingerprint density at radius 2 is 1.79 bits per heavy atom. The van der Waals surface area contributed by atoms with Crippen LogP contribution in [0.3, 0.4) is 0 Å². The van der Waals surface area contributed by atoms with E-state index in [0.29, 0.717) is 5.92 Å². The fraction of sp³-hybridized carbons (Fsp3) is 0.647. The summed E-state index contributed by atoms with van der Waals surface area (Å²) >= 11 is 0. The quantitative estimate of drug-likeness (QED) is 0.897. The van der Waals surface area contributed by atoms with Crippen molar-refractivity contribution in [2.24, 2.45) is 11.7 Å². The summed E-state index contributed by atoms with van der Waals surface area (Å²) in [6.45, 7) is 10.8. The van der Waals surface area contributed by atoms with E-state index in [0.717, 1.165) is 12.8 Å². The van der Waals surface area contributed by atoms with Gasteiger partial charge in [0.05, 0.1) is 11.2 Å². The van der Waals surface area contributed by atoms with Gasteiger partial charge in [0.15, 0.2) is 0 Å². The third-order valence-electron chi connectivity index (χ3n) is 4.35. The zero-order valence-electron chi connectivity index (χ0n) is 12.9. The molecule has 0 aromatic heterocycles. The van der Waals surface area contributed by atoms with Gasteiger partial charge in [-0.3, -0.25) is 0 Å². The Hall–Kier alpha value is -0.860. The van der Waals surface area contributed by atoms with Crippen LogP contribution in [0.15, 0.2) is 24.3 Å². The van der Waals surface area contributed by atoms with Crippen molar-refractivity contribution in [3.63, 3.8) is 0 Å².